The lowest BCUT2D eigenvalue weighted by Gasteiger charge is -1.99. The van der Waals surface area contributed by atoms with E-state index in [4.69, 9.17) is 0 Å². The van der Waals surface area contributed by atoms with Gasteiger partial charge in [-0.15, -0.1) is 12.6 Å². The average Bonchev–Trinajstić information content (AvgIpc) is 1.84. The Labute approximate surface area is 78.4 Å². The van der Waals surface area contributed by atoms with Crippen molar-refractivity contribution in [2.45, 2.75) is 11.8 Å². The first-order chi connectivity index (χ1) is 4.61. The summed E-state index contributed by atoms with van der Waals surface area (Å²) in [6.07, 6.45) is 0. The molecule has 1 aromatic rings. The van der Waals surface area contributed by atoms with Gasteiger partial charge >= 0.3 is 0 Å². The van der Waals surface area contributed by atoms with Crippen molar-refractivity contribution in [1.82, 2.24) is 0 Å². The molecule has 0 aliphatic heterocycles. The van der Waals surface area contributed by atoms with E-state index in [1.165, 1.54) is 6.07 Å². The zero-order valence-electron chi connectivity index (χ0n) is 5.36. The summed E-state index contributed by atoms with van der Waals surface area (Å²) in [5.41, 5.74) is 0.644. The van der Waals surface area contributed by atoms with Crippen LogP contribution >= 0.6 is 35.2 Å². The molecule has 10 heavy (non-hydrogen) atoms. The number of rotatable bonds is 0. The van der Waals surface area contributed by atoms with Crippen molar-refractivity contribution in [3.05, 3.63) is 27.1 Å². The predicted octanol–water partition coefficient (Wildman–Crippen LogP) is 3.03. The van der Waals surface area contributed by atoms with Crippen LogP contribution in [0.1, 0.15) is 5.56 Å². The molecule has 0 N–H and O–H groups in total. The van der Waals surface area contributed by atoms with Gasteiger partial charge in [0.05, 0.1) is 0 Å². The second-order valence-electron chi connectivity index (χ2n) is 2.05. The fourth-order valence-corrected chi connectivity index (χ4v) is 1.33. The van der Waals surface area contributed by atoms with Crippen molar-refractivity contribution in [1.29, 1.82) is 0 Å². The van der Waals surface area contributed by atoms with Gasteiger partial charge in [-0.1, -0.05) is 0 Å². The molecule has 0 nitrogen and oxygen atoms in total. The summed E-state index contributed by atoms with van der Waals surface area (Å²) in [6, 6.07) is 3.21. The third-order valence-corrected chi connectivity index (χ3v) is 2.92. The van der Waals surface area contributed by atoms with Gasteiger partial charge in [0.25, 0.3) is 0 Å². The number of benzene rings is 1. The highest BCUT2D eigenvalue weighted by atomic mass is 127. The fraction of sp³-hybridized carbons (Fsp3) is 0.143. The Bertz CT molecular complexity index is 210. The molecule has 0 aliphatic rings. The summed E-state index contributed by atoms with van der Waals surface area (Å²) in [5, 5.41) is 0. The number of halogens is 2. The third kappa shape index (κ3) is 1.63. The summed E-state index contributed by atoms with van der Waals surface area (Å²) in [4.78, 5) is 0.833. The van der Waals surface area contributed by atoms with E-state index in [1.54, 1.807) is 13.0 Å². The van der Waals surface area contributed by atoms with E-state index in [0.29, 0.717) is 5.56 Å². The first-order valence-corrected chi connectivity index (χ1v) is 4.28. The summed E-state index contributed by atoms with van der Waals surface area (Å²) in [6.45, 7) is 1.73. The molecule has 0 saturated carbocycles. The van der Waals surface area contributed by atoms with Crippen LogP contribution in [-0.2, 0) is 0 Å². The maximum absolute atomic E-state index is 12.7. The molecule has 0 amide bonds. The van der Waals surface area contributed by atoms with E-state index in [-0.39, 0.29) is 5.82 Å². The average molecular weight is 268 g/mol. The van der Waals surface area contributed by atoms with Gasteiger partial charge in [0.2, 0.25) is 0 Å². The molecule has 0 spiro atoms. The van der Waals surface area contributed by atoms with Crippen molar-refractivity contribution in [3.8, 4) is 0 Å². The summed E-state index contributed by atoms with van der Waals surface area (Å²) < 4.78 is 13.6. The first-order valence-electron chi connectivity index (χ1n) is 2.76. The highest BCUT2D eigenvalue weighted by Crippen LogP contribution is 2.19. The SMILES string of the molecule is Cc1cc(S)c(I)cc1F. The standard InChI is InChI=1S/C7H6FIS/c1-4-2-7(10)6(9)3-5(4)8/h2-3,10H,1H3. The topological polar surface area (TPSA) is 0 Å². The largest absolute Gasteiger partial charge is 0.207 e. The van der Waals surface area contributed by atoms with Gasteiger partial charge < -0.3 is 0 Å². The van der Waals surface area contributed by atoms with E-state index in [0.717, 1.165) is 8.47 Å². The maximum Gasteiger partial charge on any atom is 0.127 e. The third-order valence-electron chi connectivity index (χ3n) is 1.23. The highest BCUT2D eigenvalue weighted by Gasteiger charge is 2.00. The zero-order chi connectivity index (χ0) is 7.72. The van der Waals surface area contributed by atoms with E-state index in [1.807, 2.05) is 0 Å². The second kappa shape index (κ2) is 3.09. The van der Waals surface area contributed by atoms with Crippen LogP contribution in [0.3, 0.4) is 0 Å². The monoisotopic (exact) mass is 268 g/mol. The quantitative estimate of drug-likeness (QED) is 0.542. The van der Waals surface area contributed by atoms with Crippen LogP contribution in [0.15, 0.2) is 17.0 Å². The summed E-state index contributed by atoms with van der Waals surface area (Å²) in [7, 11) is 0. The Morgan fingerprint density at radius 3 is 2.60 bits per heavy atom. The molecule has 0 aromatic heterocycles. The molecule has 0 saturated heterocycles. The number of hydrogen-bond acceptors (Lipinski definition) is 1. The van der Waals surface area contributed by atoms with Crippen molar-refractivity contribution in [2.24, 2.45) is 0 Å². The first kappa shape index (κ1) is 8.33. The van der Waals surface area contributed by atoms with Gasteiger partial charge in [-0.05, 0) is 47.2 Å². The van der Waals surface area contributed by atoms with Crippen LogP contribution in [0, 0.1) is 16.3 Å². The van der Waals surface area contributed by atoms with Gasteiger partial charge in [-0.3, -0.25) is 0 Å². The van der Waals surface area contributed by atoms with Gasteiger partial charge in [-0.25, -0.2) is 4.39 Å². The minimum Gasteiger partial charge on any atom is -0.207 e. The van der Waals surface area contributed by atoms with Crippen LogP contribution in [0.25, 0.3) is 0 Å². The van der Waals surface area contributed by atoms with E-state index in [9.17, 15) is 4.39 Å². The minimum atomic E-state index is -0.165. The maximum atomic E-state index is 12.7. The van der Waals surface area contributed by atoms with Crippen molar-refractivity contribution in [2.75, 3.05) is 0 Å². The van der Waals surface area contributed by atoms with Crippen LogP contribution in [-0.4, -0.2) is 0 Å². The summed E-state index contributed by atoms with van der Waals surface area (Å²) >= 11 is 6.19. The Morgan fingerprint density at radius 1 is 1.50 bits per heavy atom. The fourth-order valence-electron chi connectivity index (χ4n) is 0.642. The lowest BCUT2D eigenvalue weighted by Crippen LogP contribution is -1.84. The van der Waals surface area contributed by atoms with Crippen LogP contribution in [0.2, 0.25) is 0 Å². The van der Waals surface area contributed by atoms with Crippen molar-refractivity contribution in [3.63, 3.8) is 0 Å². The van der Waals surface area contributed by atoms with Gasteiger partial charge in [0.15, 0.2) is 0 Å². The van der Waals surface area contributed by atoms with E-state index in [2.05, 4.69) is 35.2 Å². The molecule has 0 aliphatic carbocycles. The Hall–Kier alpha value is 0.230. The lowest BCUT2D eigenvalue weighted by molar-refractivity contribution is 0.616. The Kier molecular flexibility index (Phi) is 2.57. The van der Waals surface area contributed by atoms with Crippen LogP contribution in [0.5, 0.6) is 0 Å². The van der Waals surface area contributed by atoms with E-state index < -0.39 is 0 Å². The van der Waals surface area contributed by atoms with Crippen LogP contribution in [0.4, 0.5) is 4.39 Å². The molecule has 0 bridgehead atoms. The number of thiol groups is 1. The molecule has 0 heterocycles. The van der Waals surface area contributed by atoms with Crippen LogP contribution < -0.4 is 0 Å². The second-order valence-corrected chi connectivity index (χ2v) is 3.70. The molecule has 0 atom stereocenters. The van der Waals surface area contributed by atoms with Gasteiger partial charge in [0.1, 0.15) is 5.82 Å². The molecule has 0 radical (unpaired) electrons. The molecular weight excluding hydrogens is 262 g/mol. The Morgan fingerprint density at radius 2 is 2.10 bits per heavy atom. The number of hydrogen-bond donors (Lipinski definition) is 1. The van der Waals surface area contributed by atoms with E-state index >= 15 is 0 Å². The highest BCUT2D eigenvalue weighted by molar-refractivity contribution is 14.1. The molecule has 54 valence electrons. The van der Waals surface area contributed by atoms with Crippen molar-refractivity contribution < 1.29 is 4.39 Å². The molecule has 3 heteroatoms. The molecule has 1 aromatic carbocycles. The molecular formula is C7H6FIS. The molecule has 0 unspecified atom stereocenters. The lowest BCUT2D eigenvalue weighted by atomic mass is 10.2. The Balaban J connectivity index is 3.28. The van der Waals surface area contributed by atoms with Crippen molar-refractivity contribution >= 4 is 35.2 Å². The zero-order valence-corrected chi connectivity index (χ0v) is 8.41. The minimum absolute atomic E-state index is 0.165. The van der Waals surface area contributed by atoms with Gasteiger partial charge in [-0.2, -0.15) is 0 Å². The van der Waals surface area contributed by atoms with Gasteiger partial charge in [0, 0.05) is 8.47 Å². The molecule has 0 fully saturated rings. The normalized spacial score (nSPS) is 10.0. The summed E-state index contributed by atoms with van der Waals surface area (Å²) in [5.74, 6) is -0.165. The molecule has 1 rings (SSSR count). The number of aryl methyl sites for hydroxylation is 1. The smallest absolute Gasteiger partial charge is 0.127 e. The predicted molar refractivity (Wildman–Crippen MR) is 51.1 cm³/mol.